The van der Waals surface area contributed by atoms with Crippen LogP contribution in [0, 0.1) is 0 Å². The topological polar surface area (TPSA) is 88.0 Å². The highest BCUT2D eigenvalue weighted by atomic mass is 16.5. The highest BCUT2D eigenvalue weighted by Gasteiger charge is 2.10. The third-order valence-corrected chi connectivity index (χ3v) is 3.40. The molecule has 0 fully saturated rings. The van der Waals surface area contributed by atoms with Crippen molar-refractivity contribution in [2.24, 2.45) is 0 Å². The lowest BCUT2D eigenvalue weighted by Crippen LogP contribution is -2.21. The van der Waals surface area contributed by atoms with Crippen molar-refractivity contribution in [3.05, 3.63) is 60.2 Å². The van der Waals surface area contributed by atoms with Crippen LogP contribution in [0.4, 0.5) is 5.69 Å². The summed E-state index contributed by atoms with van der Waals surface area (Å²) in [5, 5.41) is 21.1. The van der Waals surface area contributed by atoms with Crippen molar-refractivity contribution in [1.29, 1.82) is 0 Å². The Bertz CT molecular complexity index is 630. The van der Waals surface area contributed by atoms with E-state index < -0.39 is 18.7 Å². The SMILES string of the molecule is O=C(OCC(O)CO)c1ccc(NCCCOc2ccccc2)cc1. The lowest BCUT2D eigenvalue weighted by Gasteiger charge is -2.10. The number of esters is 1. The van der Waals surface area contributed by atoms with E-state index in [0.29, 0.717) is 12.2 Å². The summed E-state index contributed by atoms with van der Waals surface area (Å²) in [7, 11) is 0. The Balaban J connectivity index is 1.67. The van der Waals surface area contributed by atoms with Gasteiger partial charge in [0, 0.05) is 12.2 Å². The Morgan fingerprint density at radius 3 is 2.48 bits per heavy atom. The van der Waals surface area contributed by atoms with Crippen LogP contribution in [0.25, 0.3) is 0 Å². The first kappa shape index (κ1) is 18.8. The van der Waals surface area contributed by atoms with Gasteiger partial charge >= 0.3 is 5.97 Å². The Labute approximate surface area is 147 Å². The van der Waals surface area contributed by atoms with Crippen molar-refractivity contribution in [2.75, 3.05) is 31.7 Å². The van der Waals surface area contributed by atoms with Crippen LogP contribution in [0.5, 0.6) is 5.75 Å². The molecule has 2 rings (SSSR count). The zero-order valence-corrected chi connectivity index (χ0v) is 13.9. The van der Waals surface area contributed by atoms with Gasteiger partial charge in [-0.3, -0.25) is 0 Å². The normalized spacial score (nSPS) is 11.6. The van der Waals surface area contributed by atoms with Gasteiger partial charge in [0.2, 0.25) is 0 Å². The van der Waals surface area contributed by atoms with E-state index in [2.05, 4.69) is 5.32 Å². The van der Waals surface area contributed by atoms with Crippen molar-refractivity contribution < 1.29 is 24.5 Å². The monoisotopic (exact) mass is 345 g/mol. The fourth-order valence-electron chi connectivity index (χ4n) is 2.04. The molecular formula is C19H23NO5. The second-order valence-electron chi connectivity index (χ2n) is 5.45. The molecule has 2 aromatic rings. The molecule has 2 aromatic carbocycles. The summed E-state index contributed by atoms with van der Waals surface area (Å²) < 4.78 is 10.5. The van der Waals surface area contributed by atoms with Crippen LogP contribution in [0.1, 0.15) is 16.8 Å². The highest BCUT2D eigenvalue weighted by molar-refractivity contribution is 5.89. The Kier molecular flexibility index (Phi) is 7.75. The Hall–Kier alpha value is -2.57. The van der Waals surface area contributed by atoms with Crippen molar-refractivity contribution in [1.82, 2.24) is 0 Å². The molecule has 0 amide bonds. The average Bonchev–Trinajstić information content (AvgIpc) is 2.67. The van der Waals surface area contributed by atoms with E-state index in [1.54, 1.807) is 24.3 Å². The van der Waals surface area contributed by atoms with Crippen LogP contribution >= 0.6 is 0 Å². The predicted molar refractivity (Wildman–Crippen MR) is 94.9 cm³/mol. The summed E-state index contributed by atoms with van der Waals surface area (Å²) in [5.74, 6) is 0.326. The van der Waals surface area contributed by atoms with Crippen LogP contribution < -0.4 is 10.1 Å². The van der Waals surface area contributed by atoms with Crippen LogP contribution in [-0.4, -0.2) is 48.7 Å². The predicted octanol–water partition coefficient (Wildman–Crippen LogP) is 2.08. The molecule has 25 heavy (non-hydrogen) atoms. The third-order valence-electron chi connectivity index (χ3n) is 3.40. The molecular weight excluding hydrogens is 322 g/mol. The minimum absolute atomic E-state index is 0.225. The van der Waals surface area contributed by atoms with E-state index in [4.69, 9.17) is 19.7 Å². The van der Waals surface area contributed by atoms with Gasteiger partial charge in [-0.15, -0.1) is 0 Å². The molecule has 0 aromatic heterocycles. The molecule has 0 radical (unpaired) electrons. The van der Waals surface area contributed by atoms with E-state index in [1.165, 1.54) is 0 Å². The number of ether oxygens (including phenoxy) is 2. The van der Waals surface area contributed by atoms with Gasteiger partial charge in [-0.2, -0.15) is 0 Å². The standard InChI is InChI=1S/C19H23NO5/c21-13-17(22)14-25-19(23)15-7-9-16(10-8-15)20-11-4-12-24-18-5-2-1-3-6-18/h1-3,5-10,17,20-22H,4,11-14H2. The van der Waals surface area contributed by atoms with Crippen LogP contribution in [-0.2, 0) is 4.74 Å². The van der Waals surface area contributed by atoms with Crippen LogP contribution in [0.2, 0.25) is 0 Å². The maximum Gasteiger partial charge on any atom is 0.338 e. The largest absolute Gasteiger partial charge is 0.494 e. The molecule has 1 atom stereocenters. The lowest BCUT2D eigenvalue weighted by atomic mass is 10.2. The summed E-state index contributed by atoms with van der Waals surface area (Å²) in [4.78, 5) is 11.8. The Morgan fingerprint density at radius 2 is 1.80 bits per heavy atom. The second kappa shape index (κ2) is 10.3. The van der Waals surface area contributed by atoms with E-state index >= 15 is 0 Å². The third kappa shape index (κ3) is 6.82. The number of aliphatic hydroxyl groups excluding tert-OH is 2. The molecule has 0 saturated carbocycles. The van der Waals surface area contributed by atoms with Crippen LogP contribution in [0.15, 0.2) is 54.6 Å². The summed E-state index contributed by atoms with van der Waals surface area (Å²) in [5.41, 5.74) is 1.29. The number of hydrogen-bond donors (Lipinski definition) is 3. The Morgan fingerprint density at radius 1 is 1.08 bits per heavy atom. The fourth-order valence-corrected chi connectivity index (χ4v) is 2.04. The van der Waals surface area contributed by atoms with Gasteiger partial charge in [-0.1, -0.05) is 18.2 Å². The number of carbonyl (C=O) groups excluding carboxylic acids is 1. The molecule has 0 spiro atoms. The van der Waals surface area contributed by atoms with E-state index in [-0.39, 0.29) is 6.61 Å². The summed E-state index contributed by atoms with van der Waals surface area (Å²) in [6.07, 6.45) is -0.208. The molecule has 0 aliphatic heterocycles. The molecule has 0 saturated heterocycles. The van der Waals surface area contributed by atoms with E-state index in [1.807, 2.05) is 30.3 Å². The fraction of sp³-hybridized carbons (Fsp3) is 0.316. The van der Waals surface area contributed by atoms with Gasteiger partial charge in [-0.25, -0.2) is 4.79 Å². The molecule has 0 heterocycles. The molecule has 6 nitrogen and oxygen atoms in total. The average molecular weight is 345 g/mol. The number of rotatable bonds is 10. The number of nitrogens with one attached hydrogen (secondary N) is 1. The van der Waals surface area contributed by atoms with Gasteiger partial charge < -0.3 is 25.0 Å². The van der Waals surface area contributed by atoms with Gasteiger partial charge in [0.15, 0.2) is 0 Å². The number of carbonyl (C=O) groups is 1. The molecule has 3 N–H and O–H groups in total. The number of anilines is 1. The zero-order chi connectivity index (χ0) is 17.9. The molecule has 0 aliphatic rings. The number of benzene rings is 2. The van der Waals surface area contributed by atoms with Crippen molar-refractivity contribution in [3.63, 3.8) is 0 Å². The van der Waals surface area contributed by atoms with E-state index in [0.717, 1.165) is 24.4 Å². The molecule has 0 bridgehead atoms. The van der Waals surface area contributed by atoms with Crippen molar-refractivity contribution in [2.45, 2.75) is 12.5 Å². The van der Waals surface area contributed by atoms with Gasteiger partial charge in [0.25, 0.3) is 0 Å². The first-order valence-electron chi connectivity index (χ1n) is 8.17. The molecule has 134 valence electrons. The van der Waals surface area contributed by atoms with Crippen molar-refractivity contribution in [3.8, 4) is 5.75 Å². The van der Waals surface area contributed by atoms with Crippen LogP contribution in [0.3, 0.4) is 0 Å². The number of para-hydroxylation sites is 1. The van der Waals surface area contributed by atoms with Crippen molar-refractivity contribution >= 4 is 11.7 Å². The van der Waals surface area contributed by atoms with E-state index in [9.17, 15) is 4.79 Å². The second-order valence-corrected chi connectivity index (χ2v) is 5.45. The lowest BCUT2D eigenvalue weighted by molar-refractivity contribution is 0.00933. The maximum atomic E-state index is 11.8. The minimum atomic E-state index is -1.05. The first-order chi connectivity index (χ1) is 12.2. The molecule has 0 aliphatic carbocycles. The smallest absolute Gasteiger partial charge is 0.338 e. The first-order valence-corrected chi connectivity index (χ1v) is 8.17. The van der Waals surface area contributed by atoms with Gasteiger partial charge in [0.05, 0.1) is 18.8 Å². The molecule has 1 unspecified atom stereocenters. The maximum absolute atomic E-state index is 11.8. The summed E-state index contributed by atoms with van der Waals surface area (Å²) >= 11 is 0. The quantitative estimate of drug-likeness (QED) is 0.451. The number of hydrogen-bond acceptors (Lipinski definition) is 6. The molecule has 6 heteroatoms. The highest BCUT2D eigenvalue weighted by Crippen LogP contribution is 2.11. The van der Waals surface area contributed by atoms with Gasteiger partial charge in [0.1, 0.15) is 18.5 Å². The zero-order valence-electron chi connectivity index (χ0n) is 13.9. The number of aliphatic hydroxyl groups is 2. The summed E-state index contributed by atoms with van der Waals surface area (Å²) in [6.45, 7) is 0.703. The minimum Gasteiger partial charge on any atom is -0.494 e. The van der Waals surface area contributed by atoms with Gasteiger partial charge in [-0.05, 0) is 42.8 Å². The summed E-state index contributed by atoms with van der Waals surface area (Å²) in [6, 6.07) is 16.5.